The molecule has 0 spiro atoms. The van der Waals surface area contributed by atoms with E-state index in [0.717, 1.165) is 36.6 Å². The predicted molar refractivity (Wildman–Crippen MR) is 137 cm³/mol. The van der Waals surface area contributed by atoms with E-state index < -0.39 is 12.6 Å². The van der Waals surface area contributed by atoms with Gasteiger partial charge in [0.25, 0.3) is 5.91 Å². The Labute approximate surface area is 217 Å². The van der Waals surface area contributed by atoms with Crippen molar-refractivity contribution >= 4 is 35.2 Å². The molecule has 1 aromatic heterocycles. The van der Waals surface area contributed by atoms with Crippen LogP contribution in [0.15, 0.2) is 65.8 Å². The molecule has 1 atom stereocenters. The number of ether oxygens (including phenoxy) is 3. The number of hydrogen-bond acceptors (Lipinski definition) is 8. The first-order chi connectivity index (χ1) is 18.1. The summed E-state index contributed by atoms with van der Waals surface area (Å²) in [5.41, 5.74) is 3.11. The largest absolute Gasteiger partial charge is 0.454 e. The smallest absolute Gasteiger partial charge is 0.341 e. The third-order valence-electron chi connectivity index (χ3n) is 6.03. The van der Waals surface area contributed by atoms with Crippen LogP contribution in [0.2, 0.25) is 0 Å². The van der Waals surface area contributed by atoms with Crippen LogP contribution >= 0.6 is 11.8 Å². The zero-order chi connectivity index (χ0) is 25.6. The molecule has 1 aliphatic carbocycles. The molecule has 190 valence electrons. The van der Waals surface area contributed by atoms with Crippen molar-refractivity contribution in [2.75, 3.05) is 24.5 Å². The molecule has 2 amide bonds. The number of amides is 2. The highest BCUT2D eigenvalue weighted by Crippen LogP contribution is 2.34. The average Bonchev–Trinajstić information content (AvgIpc) is 3.39. The molecule has 2 N–H and O–H groups in total. The molecule has 37 heavy (non-hydrogen) atoms. The normalized spacial score (nSPS) is 15.4. The molecular formula is C27H25N3O6S. The van der Waals surface area contributed by atoms with Gasteiger partial charge in [0.05, 0.1) is 17.4 Å². The fourth-order valence-corrected chi connectivity index (χ4v) is 5.10. The van der Waals surface area contributed by atoms with Crippen LogP contribution in [0, 0.1) is 0 Å². The van der Waals surface area contributed by atoms with E-state index >= 15 is 0 Å². The number of benzene rings is 2. The minimum Gasteiger partial charge on any atom is -0.454 e. The minimum atomic E-state index is -0.675. The van der Waals surface area contributed by atoms with Crippen molar-refractivity contribution in [3.8, 4) is 11.5 Å². The number of aryl methyl sites for hydroxylation is 1. The predicted octanol–water partition coefficient (Wildman–Crippen LogP) is 3.89. The van der Waals surface area contributed by atoms with Gasteiger partial charge in [0, 0.05) is 18.0 Å². The summed E-state index contributed by atoms with van der Waals surface area (Å²) in [7, 11) is 0. The van der Waals surface area contributed by atoms with Crippen LogP contribution in [0.5, 0.6) is 11.5 Å². The van der Waals surface area contributed by atoms with Crippen LogP contribution in [-0.4, -0.2) is 41.9 Å². The molecule has 0 radical (unpaired) electrons. The second-order valence-electron chi connectivity index (χ2n) is 8.55. The number of esters is 1. The van der Waals surface area contributed by atoms with Gasteiger partial charge in [0.2, 0.25) is 12.7 Å². The Balaban J connectivity index is 1.13. The first-order valence-corrected chi connectivity index (χ1v) is 12.9. The van der Waals surface area contributed by atoms with E-state index in [2.05, 4.69) is 21.7 Å². The number of nitrogens with one attached hydrogen (secondary N) is 2. The van der Waals surface area contributed by atoms with E-state index in [4.69, 9.17) is 14.2 Å². The maximum absolute atomic E-state index is 12.7. The summed E-state index contributed by atoms with van der Waals surface area (Å²) in [6, 6.07) is 16.2. The number of aromatic nitrogens is 1. The maximum Gasteiger partial charge on any atom is 0.341 e. The van der Waals surface area contributed by atoms with Gasteiger partial charge in [0.1, 0.15) is 5.03 Å². The fraction of sp³-hybridized carbons (Fsp3) is 0.259. The molecule has 1 aliphatic heterocycles. The lowest BCUT2D eigenvalue weighted by atomic mass is 9.88. The van der Waals surface area contributed by atoms with Gasteiger partial charge in [-0.05, 0) is 54.7 Å². The quantitative estimate of drug-likeness (QED) is 0.340. The molecular weight excluding hydrogens is 494 g/mol. The van der Waals surface area contributed by atoms with E-state index in [9.17, 15) is 14.4 Å². The number of carbonyl (C=O) groups excluding carboxylic acids is 3. The number of pyridine rings is 1. The Morgan fingerprint density at radius 1 is 1.03 bits per heavy atom. The molecule has 0 saturated heterocycles. The third-order valence-corrected chi connectivity index (χ3v) is 7.03. The Hall–Kier alpha value is -4.05. The number of hydrogen-bond donors (Lipinski definition) is 2. The highest BCUT2D eigenvalue weighted by atomic mass is 32.2. The summed E-state index contributed by atoms with van der Waals surface area (Å²) in [6.07, 6.45) is 4.35. The Morgan fingerprint density at radius 3 is 2.81 bits per heavy atom. The van der Waals surface area contributed by atoms with E-state index in [1.807, 2.05) is 18.2 Å². The van der Waals surface area contributed by atoms with Gasteiger partial charge in [-0.25, -0.2) is 9.78 Å². The lowest BCUT2D eigenvalue weighted by molar-refractivity contribution is -0.125. The molecule has 2 heterocycles. The molecule has 0 unspecified atom stereocenters. The molecule has 3 aromatic rings. The Bertz CT molecular complexity index is 1330. The number of anilines is 1. The van der Waals surface area contributed by atoms with Crippen molar-refractivity contribution in [2.45, 2.75) is 30.3 Å². The van der Waals surface area contributed by atoms with Crippen molar-refractivity contribution in [3.63, 3.8) is 0 Å². The van der Waals surface area contributed by atoms with Crippen LogP contribution in [-0.2, 0) is 20.7 Å². The van der Waals surface area contributed by atoms with Gasteiger partial charge < -0.3 is 24.8 Å². The standard InChI is InChI=1S/C27H25N3O6S/c31-24(30-21-9-3-6-17-5-1-2-7-19(17)21)14-34-27(33)20-8-4-12-28-26(20)37-15-25(32)29-18-10-11-22-23(13-18)36-16-35-22/h1-2,4-5,7-8,10-13,21H,3,6,9,14-16H2,(H,29,32)(H,30,31)/t21-/m0/s1. The van der Waals surface area contributed by atoms with E-state index in [0.29, 0.717) is 22.2 Å². The van der Waals surface area contributed by atoms with E-state index in [1.54, 1.807) is 30.3 Å². The summed E-state index contributed by atoms with van der Waals surface area (Å²) in [5, 5.41) is 6.10. The second-order valence-corrected chi connectivity index (χ2v) is 9.51. The number of fused-ring (bicyclic) bond motifs is 2. The number of rotatable bonds is 8. The van der Waals surface area contributed by atoms with E-state index in [1.165, 1.54) is 11.8 Å². The van der Waals surface area contributed by atoms with Gasteiger partial charge in [-0.2, -0.15) is 0 Å². The maximum atomic E-state index is 12.7. The minimum absolute atomic E-state index is 0.0211. The number of carbonyl (C=O) groups is 3. The Kier molecular flexibility index (Phi) is 7.55. The van der Waals surface area contributed by atoms with Crippen molar-refractivity contribution in [1.82, 2.24) is 10.3 Å². The summed E-state index contributed by atoms with van der Waals surface area (Å²) in [6.45, 7) is -0.252. The lowest BCUT2D eigenvalue weighted by Crippen LogP contribution is -2.34. The van der Waals surface area contributed by atoms with Crippen LogP contribution in [0.4, 0.5) is 5.69 Å². The third kappa shape index (κ3) is 6.03. The van der Waals surface area contributed by atoms with Crippen molar-refractivity contribution in [3.05, 3.63) is 77.5 Å². The topological polar surface area (TPSA) is 116 Å². The first-order valence-electron chi connectivity index (χ1n) is 11.9. The van der Waals surface area contributed by atoms with Crippen molar-refractivity contribution in [2.24, 2.45) is 0 Å². The van der Waals surface area contributed by atoms with E-state index in [-0.39, 0.29) is 36.0 Å². The summed E-state index contributed by atoms with van der Waals surface area (Å²) >= 11 is 1.10. The highest BCUT2D eigenvalue weighted by Gasteiger charge is 2.23. The summed E-state index contributed by atoms with van der Waals surface area (Å²) in [5.74, 6) is -0.103. The van der Waals surface area contributed by atoms with Gasteiger partial charge in [-0.1, -0.05) is 36.0 Å². The number of thioether (sulfide) groups is 1. The monoisotopic (exact) mass is 519 g/mol. The zero-order valence-electron chi connectivity index (χ0n) is 19.9. The van der Waals surface area contributed by atoms with Gasteiger partial charge in [-0.15, -0.1) is 0 Å². The fourth-order valence-electron chi connectivity index (χ4n) is 4.32. The Morgan fingerprint density at radius 2 is 1.89 bits per heavy atom. The lowest BCUT2D eigenvalue weighted by Gasteiger charge is -2.26. The summed E-state index contributed by atoms with van der Waals surface area (Å²) in [4.78, 5) is 41.9. The zero-order valence-corrected chi connectivity index (χ0v) is 20.7. The second kappa shape index (κ2) is 11.3. The molecule has 2 aromatic carbocycles. The highest BCUT2D eigenvalue weighted by molar-refractivity contribution is 8.00. The molecule has 5 rings (SSSR count). The van der Waals surface area contributed by atoms with Crippen molar-refractivity contribution < 1.29 is 28.6 Å². The van der Waals surface area contributed by atoms with Gasteiger partial charge >= 0.3 is 5.97 Å². The first kappa shape index (κ1) is 24.6. The van der Waals surface area contributed by atoms with Crippen LogP contribution < -0.4 is 20.1 Å². The van der Waals surface area contributed by atoms with Gasteiger partial charge in [0.15, 0.2) is 18.1 Å². The number of nitrogens with zero attached hydrogens (tertiary/aromatic N) is 1. The molecule has 0 fully saturated rings. The molecule has 9 nitrogen and oxygen atoms in total. The van der Waals surface area contributed by atoms with Crippen molar-refractivity contribution in [1.29, 1.82) is 0 Å². The molecule has 10 heteroatoms. The SMILES string of the molecule is O=C(CSc1ncccc1C(=O)OCC(=O)N[C@H]1CCCc2ccccc21)Nc1ccc2c(c1)OCO2. The molecule has 0 saturated carbocycles. The van der Waals surface area contributed by atoms with Crippen LogP contribution in [0.1, 0.15) is 40.4 Å². The molecule has 2 aliphatic rings. The average molecular weight is 520 g/mol. The van der Waals surface area contributed by atoms with Gasteiger partial charge in [-0.3, -0.25) is 9.59 Å². The summed E-state index contributed by atoms with van der Waals surface area (Å²) < 4.78 is 15.9. The van der Waals surface area contributed by atoms with Crippen LogP contribution in [0.25, 0.3) is 0 Å². The molecule has 0 bridgehead atoms. The van der Waals surface area contributed by atoms with Crippen LogP contribution in [0.3, 0.4) is 0 Å².